The van der Waals surface area contributed by atoms with Crippen molar-refractivity contribution in [3.63, 3.8) is 0 Å². The summed E-state index contributed by atoms with van der Waals surface area (Å²) in [7, 11) is 0. The Bertz CT molecular complexity index is 970. The number of nitrogens with one attached hydrogen (secondary N) is 2. The van der Waals surface area contributed by atoms with Gasteiger partial charge in [-0.3, -0.25) is 9.59 Å². The molecule has 2 rings (SSSR count). The number of hydrogen-bond donors (Lipinski definition) is 2. The first-order valence-electron chi connectivity index (χ1n) is 14.6. The second kappa shape index (κ2) is 14.2. The molecule has 2 N–H and O–H groups in total. The molecule has 1 unspecified atom stereocenters. The number of nitrogens with zero attached hydrogens (tertiary/aromatic N) is 1. The van der Waals surface area contributed by atoms with Gasteiger partial charge < -0.3 is 25.0 Å². The van der Waals surface area contributed by atoms with Gasteiger partial charge in [0.05, 0.1) is 0 Å². The number of piperidine rings is 1. The Morgan fingerprint density at radius 2 is 1.60 bits per heavy atom. The Morgan fingerprint density at radius 3 is 2.17 bits per heavy atom. The van der Waals surface area contributed by atoms with Crippen LogP contribution in [0.1, 0.15) is 100.0 Å². The lowest BCUT2D eigenvalue weighted by atomic mass is 9.80. The number of carbonyl (C=O) groups is 3. The first kappa shape index (κ1) is 33.4. The minimum atomic E-state index is -0.662. The van der Waals surface area contributed by atoms with Crippen molar-refractivity contribution in [2.75, 3.05) is 13.1 Å². The average molecular weight is 559 g/mol. The van der Waals surface area contributed by atoms with Crippen molar-refractivity contribution in [3.05, 3.63) is 36.2 Å². The van der Waals surface area contributed by atoms with Crippen molar-refractivity contribution >= 4 is 17.9 Å². The maximum Gasteiger partial charge on any atom is 0.407 e. The van der Waals surface area contributed by atoms with Gasteiger partial charge in [-0.1, -0.05) is 32.9 Å². The molecular weight excluding hydrogens is 506 g/mol. The van der Waals surface area contributed by atoms with Crippen molar-refractivity contribution in [1.82, 2.24) is 15.5 Å². The van der Waals surface area contributed by atoms with Gasteiger partial charge >= 0.3 is 6.09 Å². The highest BCUT2D eigenvalue weighted by Gasteiger charge is 2.38. The SMILES string of the molecule is CC(C)(C)OC(=O)NCCCCC(=O)N[C@@H](Cc1ccc(OC(C)(C)C)cc1)C(=O)N1CC[CH]CC1C(C)(C)C. The zero-order valence-corrected chi connectivity index (χ0v) is 26.2. The predicted molar refractivity (Wildman–Crippen MR) is 159 cm³/mol. The van der Waals surface area contributed by atoms with Crippen LogP contribution in [-0.2, 0) is 20.7 Å². The van der Waals surface area contributed by atoms with Crippen LogP contribution in [0.4, 0.5) is 4.79 Å². The number of unbranched alkanes of at least 4 members (excludes halogenated alkanes) is 1. The minimum absolute atomic E-state index is 0.0389. The van der Waals surface area contributed by atoms with E-state index in [0.717, 1.165) is 24.2 Å². The quantitative estimate of drug-likeness (QED) is 0.352. The highest BCUT2D eigenvalue weighted by atomic mass is 16.6. The Kier molecular flexibility index (Phi) is 11.9. The van der Waals surface area contributed by atoms with E-state index < -0.39 is 17.7 Å². The molecule has 8 nitrogen and oxygen atoms in total. The Labute approximate surface area is 241 Å². The van der Waals surface area contributed by atoms with Crippen LogP contribution in [0.3, 0.4) is 0 Å². The van der Waals surface area contributed by atoms with Gasteiger partial charge in [0.1, 0.15) is 23.0 Å². The van der Waals surface area contributed by atoms with E-state index in [4.69, 9.17) is 9.47 Å². The van der Waals surface area contributed by atoms with Crippen molar-refractivity contribution in [2.24, 2.45) is 5.41 Å². The molecule has 0 saturated carbocycles. The third kappa shape index (κ3) is 12.2. The summed E-state index contributed by atoms with van der Waals surface area (Å²) in [6.07, 6.45) is 5.38. The largest absolute Gasteiger partial charge is 0.488 e. The number of carbonyl (C=O) groups excluding carboxylic acids is 3. The van der Waals surface area contributed by atoms with Crippen LogP contribution in [0.15, 0.2) is 24.3 Å². The molecule has 1 aromatic rings. The lowest BCUT2D eigenvalue weighted by Crippen LogP contribution is -2.57. The molecular formula is C32H52N3O5. The van der Waals surface area contributed by atoms with Crippen molar-refractivity contribution in [2.45, 2.75) is 124 Å². The van der Waals surface area contributed by atoms with E-state index in [2.05, 4.69) is 37.8 Å². The number of alkyl carbamates (subject to hydrolysis) is 1. The zero-order chi connectivity index (χ0) is 30.1. The first-order chi connectivity index (χ1) is 18.4. The zero-order valence-electron chi connectivity index (χ0n) is 26.2. The van der Waals surface area contributed by atoms with Gasteiger partial charge in [0.25, 0.3) is 0 Å². The molecule has 0 aromatic heterocycles. The second-order valence-corrected chi connectivity index (χ2v) is 13.8. The lowest BCUT2D eigenvalue weighted by Gasteiger charge is -2.44. The number of benzene rings is 1. The van der Waals surface area contributed by atoms with E-state index in [9.17, 15) is 14.4 Å². The minimum Gasteiger partial charge on any atom is -0.488 e. The van der Waals surface area contributed by atoms with Crippen LogP contribution in [0, 0.1) is 11.8 Å². The molecule has 225 valence electrons. The maximum absolute atomic E-state index is 13.9. The smallest absolute Gasteiger partial charge is 0.407 e. The molecule has 1 radical (unpaired) electrons. The fourth-order valence-corrected chi connectivity index (χ4v) is 4.74. The fraction of sp³-hybridized carbons (Fsp3) is 0.688. The van der Waals surface area contributed by atoms with Crippen LogP contribution in [0.2, 0.25) is 0 Å². The fourth-order valence-electron chi connectivity index (χ4n) is 4.74. The second-order valence-electron chi connectivity index (χ2n) is 13.8. The van der Waals surface area contributed by atoms with E-state index >= 15 is 0 Å². The van der Waals surface area contributed by atoms with Gasteiger partial charge in [0, 0.05) is 32.0 Å². The molecule has 3 amide bonds. The third-order valence-corrected chi connectivity index (χ3v) is 6.54. The van der Waals surface area contributed by atoms with Gasteiger partial charge in [0.15, 0.2) is 0 Å². The van der Waals surface area contributed by atoms with Crippen LogP contribution < -0.4 is 15.4 Å². The van der Waals surface area contributed by atoms with Crippen molar-refractivity contribution in [1.29, 1.82) is 0 Å². The van der Waals surface area contributed by atoms with E-state index in [1.165, 1.54) is 0 Å². The molecule has 1 aliphatic rings. The summed E-state index contributed by atoms with van der Waals surface area (Å²) in [5.41, 5.74) is 0.0270. The summed E-state index contributed by atoms with van der Waals surface area (Å²) in [5, 5.41) is 5.75. The molecule has 0 spiro atoms. The summed E-state index contributed by atoms with van der Waals surface area (Å²) in [5.74, 6) is 0.560. The molecule has 0 bridgehead atoms. The Hall–Kier alpha value is -2.77. The first-order valence-corrected chi connectivity index (χ1v) is 14.6. The molecule has 1 heterocycles. The van der Waals surface area contributed by atoms with Gasteiger partial charge in [-0.25, -0.2) is 4.79 Å². The monoisotopic (exact) mass is 558 g/mol. The average Bonchev–Trinajstić information content (AvgIpc) is 2.81. The molecule has 1 aromatic carbocycles. The summed E-state index contributed by atoms with van der Waals surface area (Å²) in [6.45, 7) is 19.0. The van der Waals surface area contributed by atoms with Crippen LogP contribution in [0.5, 0.6) is 5.75 Å². The predicted octanol–water partition coefficient (Wildman–Crippen LogP) is 5.83. The number of amides is 3. The van der Waals surface area contributed by atoms with Crippen LogP contribution in [0.25, 0.3) is 0 Å². The summed E-state index contributed by atoms with van der Waals surface area (Å²) < 4.78 is 11.2. The van der Waals surface area contributed by atoms with Crippen molar-refractivity contribution < 1.29 is 23.9 Å². The van der Waals surface area contributed by atoms with E-state index in [-0.39, 0.29) is 35.3 Å². The normalized spacial score (nSPS) is 17.1. The number of rotatable bonds is 10. The standard InChI is InChI=1S/C32H52N3O5/c1-30(2,3)26-14-11-13-21-35(26)28(37)25(22-23-16-18-24(19-17-23)39-31(4,5)6)34-27(36)15-10-12-20-33-29(38)40-32(7,8)9/h11,16-19,25-26H,10,12-15,20-22H2,1-9H3,(H,33,38)(H,34,36)/t25-,26?/m0/s1. The van der Waals surface area contributed by atoms with Gasteiger partial charge in [-0.2, -0.15) is 0 Å². The third-order valence-electron chi connectivity index (χ3n) is 6.54. The van der Waals surface area contributed by atoms with E-state index in [0.29, 0.717) is 32.4 Å². The lowest BCUT2D eigenvalue weighted by molar-refractivity contribution is -0.141. The topological polar surface area (TPSA) is 97.0 Å². The van der Waals surface area contributed by atoms with Gasteiger partial charge in [-0.05, 0) is 96.8 Å². The maximum atomic E-state index is 13.9. The number of hydrogen-bond acceptors (Lipinski definition) is 5. The van der Waals surface area contributed by atoms with E-state index in [1.807, 2.05) is 70.7 Å². The molecule has 40 heavy (non-hydrogen) atoms. The van der Waals surface area contributed by atoms with Gasteiger partial charge in [-0.15, -0.1) is 0 Å². The molecule has 1 saturated heterocycles. The molecule has 8 heteroatoms. The molecule has 0 aliphatic carbocycles. The summed E-state index contributed by atoms with van der Waals surface area (Å²) in [6, 6.07) is 7.16. The molecule has 1 fully saturated rings. The number of likely N-dealkylation sites (tertiary alicyclic amines) is 1. The Balaban J connectivity index is 2.06. The number of ether oxygens (including phenoxy) is 2. The van der Waals surface area contributed by atoms with Crippen LogP contribution >= 0.6 is 0 Å². The van der Waals surface area contributed by atoms with Crippen molar-refractivity contribution in [3.8, 4) is 5.75 Å². The Morgan fingerprint density at radius 1 is 0.950 bits per heavy atom. The molecule has 2 atom stereocenters. The summed E-state index contributed by atoms with van der Waals surface area (Å²) in [4.78, 5) is 40.7. The van der Waals surface area contributed by atoms with Gasteiger partial charge in [0.2, 0.25) is 11.8 Å². The highest BCUT2D eigenvalue weighted by molar-refractivity contribution is 5.88. The highest BCUT2D eigenvalue weighted by Crippen LogP contribution is 2.32. The molecule has 1 aliphatic heterocycles. The van der Waals surface area contributed by atoms with E-state index in [1.54, 1.807) is 0 Å². The summed E-state index contributed by atoms with van der Waals surface area (Å²) >= 11 is 0. The van der Waals surface area contributed by atoms with Crippen LogP contribution in [-0.4, -0.2) is 59.2 Å².